The van der Waals surface area contributed by atoms with E-state index in [9.17, 15) is 13.9 Å². The first-order chi connectivity index (χ1) is 8.97. The Morgan fingerprint density at radius 2 is 1.74 bits per heavy atom. The van der Waals surface area contributed by atoms with E-state index in [1.54, 1.807) is 6.07 Å². The van der Waals surface area contributed by atoms with Crippen molar-refractivity contribution in [2.24, 2.45) is 0 Å². The maximum atomic E-state index is 13.1. The second kappa shape index (κ2) is 6.11. The minimum atomic E-state index is -0.905. The zero-order chi connectivity index (χ0) is 14.0. The van der Waals surface area contributed by atoms with E-state index in [0.717, 1.165) is 21.1 Å². The molecule has 0 radical (unpaired) electrons. The van der Waals surface area contributed by atoms with E-state index in [-0.39, 0.29) is 6.42 Å². The second-order valence-electron chi connectivity index (χ2n) is 4.13. The van der Waals surface area contributed by atoms with Crippen molar-refractivity contribution < 1.29 is 13.9 Å². The summed E-state index contributed by atoms with van der Waals surface area (Å²) >= 11 is 6.69. The average Bonchev–Trinajstić information content (AvgIpc) is 2.36. The molecule has 0 amide bonds. The summed E-state index contributed by atoms with van der Waals surface area (Å²) in [7, 11) is 0. The molecule has 1 nitrogen and oxygen atoms in total. The van der Waals surface area contributed by atoms with Crippen LogP contribution in [0.25, 0.3) is 0 Å². The van der Waals surface area contributed by atoms with Crippen molar-refractivity contribution in [3.05, 3.63) is 68.1 Å². The Hall–Kier alpha value is -0.780. The molecule has 0 saturated carbocycles. The predicted octanol–water partition coefficient (Wildman–Crippen LogP) is 4.77. The standard InChI is InChI=1S/C14H10Br2F2O/c15-9-2-3-11(16)10(7-9)14(19)6-8-1-4-12(17)13(18)5-8/h1-5,7,14,19H,6H2. The lowest BCUT2D eigenvalue weighted by molar-refractivity contribution is 0.177. The molecule has 2 aromatic rings. The van der Waals surface area contributed by atoms with Gasteiger partial charge < -0.3 is 5.11 Å². The van der Waals surface area contributed by atoms with Crippen molar-refractivity contribution in [3.63, 3.8) is 0 Å². The Balaban J connectivity index is 2.22. The molecule has 1 atom stereocenters. The Labute approximate surface area is 126 Å². The highest BCUT2D eigenvalue weighted by molar-refractivity contribution is 9.11. The zero-order valence-electron chi connectivity index (χ0n) is 9.71. The Morgan fingerprint density at radius 1 is 1.00 bits per heavy atom. The molecule has 0 fully saturated rings. The highest BCUT2D eigenvalue weighted by Crippen LogP contribution is 2.29. The lowest BCUT2D eigenvalue weighted by Gasteiger charge is -2.13. The van der Waals surface area contributed by atoms with Crippen molar-refractivity contribution in [3.8, 4) is 0 Å². The first-order valence-corrected chi connectivity index (χ1v) is 7.13. The molecule has 0 aliphatic rings. The van der Waals surface area contributed by atoms with E-state index >= 15 is 0 Å². The molecule has 0 aliphatic heterocycles. The molecule has 0 bridgehead atoms. The van der Waals surface area contributed by atoms with Gasteiger partial charge in [-0.3, -0.25) is 0 Å². The smallest absolute Gasteiger partial charge is 0.159 e. The van der Waals surface area contributed by atoms with Gasteiger partial charge in [-0.1, -0.05) is 37.9 Å². The SMILES string of the molecule is OC(Cc1ccc(F)c(F)c1)c1cc(Br)ccc1Br. The number of aliphatic hydroxyl groups is 1. The Bertz CT molecular complexity index is 602. The molecule has 2 rings (SSSR count). The Kier molecular flexibility index (Phi) is 4.71. The first kappa shape index (κ1) is 14.6. The molecule has 2 aromatic carbocycles. The summed E-state index contributed by atoms with van der Waals surface area (Å²) in [5.74, 6) is -1.79. The molecule has 0 aromatic heterocycles. The number of hydrogen-bond donors (Lipinski definition) is 1. The second-order valence-corrected chi connectivity index (χ2v) is 5.90. The number of benzene rings is 2. The maximum Gasteiger partial charge on any atom is 0.159 e. The van der Waals surface area contributed by atoms with Gasteiger partial charge in [-0.25, -0.2) is 8.78 Å². The molecule has 1 unspecified atom stereocenters. The number of halogens is 4. The van der Waals surface area contributed by atoms with Crippen molar-refractivity contribution in [2.45, 2.75) is 12.5 Å². The Morgan fingerprint density at radius 3 is 2.42 bits per heavy atom. The quantitative estimate of drug-likeness (QED) is 0.799. The molecule has 100 valence electrons. The number of aliphatic hydroxyl groups excluding tert-OH is 1. The van der Waals surface area contributed by atoms with Gasteiger partial charge in [0.2, 0.25) is 0 Å². The summed E-state index contributed by atoms with van der Waals surface area (Å²) in [5, 5.41) is 10.2. The minimum absolute atomic E-state index is 0.215. The van der Waals surface area contributed by atoms with Gasteiger partial charge >= 0.3 is 0 Å². The van der Waals surface area contributed by atoms with Crippen LogP contribution in [0.1, 0.15) is 17.2 Å². The summed E-state index contributed by atoms with van der Waals surface area (Å²) in [6.07, 6.45) is -0.580. The third-order valence-electron chi connectivity index (χ3n) is 2.73. The number of hydrogen-bond acceptors (Lipinski definition) is 1. The summed E-state index contributed by atoms with van der Waals surface area (Å²) in [6.45, 7) is 0. The summed E-state index contributed by atoms with van der Waals surface area (Å²) in [4.78, 5) is 0. The van der Waals surface area contributed by atoms with Gasteiger partial charge in [-0.05, 0) is 41.5 Å². The lowest BCUT2D eigenvalue weighted by atomic mass is 10.0. The van der Waals surface area contributed by atoms with Crippen LogP contribution < -0.4 is 0 Å². The first-order valence-electron chi connectivity index (χ1n) is 5.54. The molecule has 5 heteroatoms. The summed E-state index contributed by atoms with van der Waals surface area (Å²) < 4.78 is 27.5. The van der Waals surface area contributed by atoms with Crippen LogP contribution in [-0.4, -0.2) is 5.11 Å². The van der Waals surface area contributed by atoms with Gasteiger partial charge in [0.1, 0.15) is 0 Å². The van der Waals surface area contributed by atoms with Crippen LogP contribution in [0.3, 0.4) is 0 Å². The van der Waals surface area contributed by atoms with Crippen molar-refractivity contribution >= 4 is 31.9 Å². The third-order valence-corrected chi connectivity index (χ3v) is 3.95. The molecule has 0 aliphatic carbocycles. The van der Waals surface area contributed by atoms with Gasteiger partial charge in [0.15, 0.2) is 11.6 Å². The lowest BCUT2D eigenvalue weighted by Crippen LogP contribution is -2.03. The molecule has 0 spiro atoms. The highest BCUT2D eigenvalue weighted by atomic mass is 79.9. The van der Waals surface area contributed by atoms with Crippen LogP contribution in [0.15, 0.2) is 45.3 Å². The van der Waals surface area contributed by atoms with Crippen molar-refractivity contribution in [1.82, 2.24) is 0 Å². The predicted molar refractivity (Wildman–Crippen MR) is 76.9 cm³/mol. The molecule has 0 heterocycles. The van der Waals surface area contributed by atoms with E-state index < -0.39 is 17.7 Å². The van der Waals surface area contributed by atoms with Crippen LogP contribution in [0.5, 0.6) is 0 Å². The van der Waals surface area contributed by atoms with E-state index in [2.05, 4.69) is 31.9 Å². The van der Waals surface area contributed by atoms with Gasteiger partial charge in [-0.15, -0.1) is 0 Å². The van der Waals surface area contributed by atoms with Crippen LogP contribution in [0.4, 0.5) is 8.78 Å². The maximum absolute atomic E-state index is 13.1. The van der Waals surface area contributed by atoms with E-state index in [4.69, 9.17) is 0 Å². The normalized spacial score (nSPS) is 12.5. The molecule has 19 heavy (non-hydrogen) atoms. The zero-order valence-corrected chi connectivity index (χ0v) is 12.9. The fourth-order valence-corrected chi connectivity index (χ4v) is 2.66. The molecule has 1 N–H and O–H groups in total. The van der Waals surface area contributed by atoms with Crippen molar-refractivity contribution in [1.29, 1.82) is 0 Å². The third kappa shape index (κ3) is 3.61. The van der Waals surface area contributed by atoms with Crippen LogP contribution in [-0.2, 0) is 6.42 Å². The van der Waals surface area contributed by atoms with E-state index in [0.29, 0.717) is 11.1 Å². The fraction of sp³-hybridized carbons (Fsp3) is 0.143. The molecular weight excluding hydrogens is 382 g/mol. The van der Waals surface area contributed by atoms with E-state index in [1.807, 2.05) is 12.1 Å². The summed E-state index contributed by atoms with van der Waals surface area (Å²) in [5.41, 5.74) is 1.23. The monoisotopic (exact) mass is 390 g/mol. The van der Waals surface area contributed by atoms with Crippen LogP contribution in [0.2, 0.25) is 0 Å². The van der Waals surface area contributed by atoms with Crippen molar-refractivity contribution in [2.75, 3.05) is 0 Å². The number of rotatable bonds is 3. The topological polar surface area (TPSA) is 20.2 Å². The van der Waals surface area contributed by atoms with Crippen LogP contribution in [0, 0.1) is 11.6 Å². The summed E-state index contributed by atoms with van der Waals surface area (Å²) in [6, 6.07) is 9.08. The van der Waals surface area contributed by atoms with Gasteiger partial charge in [0.25, 0.3) is 0 Å². The van der Waals surface area contributed by atoms with Crippen LogP contribution >= 0.6 is 31.9 Å². The largest absolute Gasteiger partial charge is 0.388 e. The van der Waals surface area contributed by atoms with E-state index in [1.165, 1.54) is 6.07 Å². The van der Waals surface area contributed by atoms with Gasteiger partial charge in [0, 0.05) is 15.4 Å². The van der Waals surface area contributed by atoms with Gasteiger partial charge in [0.05, 0.1) is 6.10 Å². The molecular formula is C14H10Br2F2O. The minimum Gasteiger partial charge on any atom is -0.388 e. The highest BCUT2D eigenvalue weighted by Gasteiger charge is 2.14. The average molecular weight is 392 g/mol. The van der Waals surface area contributed by atoms with Gasteiger partial charge in [-0.2, -0.15) is 0 Å². The fourth-order valence-electron chi connectivity index (χ4n) is 1.77. The molecule has 0 saturated heterocycles.